The Balaban J connectivity index is 2.38. The molecule has 1 unspecified atom stereocenters. The van der Waals surface area contributed by atoms with E-state index in [2.05, 4.69) is 16.9 Å². The first kappa shape index (κ1) is 9.89. The van der Waals surface area contributed by atoms with Crippen molar-refractivity contribution < 1.29 is 9.90 Å². The van der Waals surface area contributed by atoms with Gasteiger partial charge in [0.1, 0.15) is 17.7 Å². The lowest BCUT2D eigenvalue weighted by Crippen LogP contribution is -2.29. The fourth-order valence-electron chi connectivity index (χ4n) is 1.95. The Kier molecular flexibility index (Phi) is 2.53. The van der Waals surface area contributed by atoms with Gasteiger partial charge in [0.2, 0.25) is 0 Å². The molecule has 1 N–H and O–H groups in total. The van der Waals surface area contributed by atoms with Crippen molar-refractivity contribution in [2.75, 3.05) is 11.4 Å². The van der Waals surface area contributed by atoms with Crippen molar-refractivity contribution in [3.8, 4) is 0 Å². The number of carboxylic acid groups (broad SMARTS) is 1. The van der Waals surface area contributed by atoms with Gasteiger partial charge in [-0.2, -0.15) is 0 Å². The van der Waals surface area contributed by atoms with Gasteiger partial charge < -0.3 is 10.0 Å². The third-order valence-corrected chi connectivity index (χ3v) is 2.75. The Hall–Kier alpha value is -1.65. The molecule has 5 nitrogen and oxygen atoms in total. The average molecular weight is 207 g/mol. The van der Waals surface area contributed by atoms with E-state index >= 15 is 0 Å². The highest BCUT2D eigenvalue weighted by molar-refractivity contribution is 5.92. The van der Waals surface area contributed by atoms with Crippen LogP contribution in [-0.2, 0) is 0 Å². The van der Waals surface area contributed by atoms with Crippen LogP contribution in [-0.4, -0.2) is 33.6 Å². The van der Waals surface area contributed by atoms with E-state index in [1.165, 1.54) is 12.5 Å². The van der Waals surface area contributed by atoms with Gasteiger partial charge in [-0.05, 0) is 19.8 Å². The number of hydrogen-bond donors (Lipinski definition) is 1. The first-order valence-electron chi connectivity index (χ1n) is 5.00. The minimum Gasteiger partial charge on any atom is -0.477 e. The second-order valence-corrected chi connectivity index (χ2v) is 3.75. The quantitative estimate of drug-likeness (QED) is 0.788. The largest absolute Gasteiger partial charge is 0.477 e. The molecule has 2 rings (SSSR count). The minimum atomic E-state index is -0.968. The predicted molar refractivity (Wildman–Crippen MR) is 55.0 cm³/mol. The van der Waals surface area contributed by atoms with E-state index < -0.39 is 5.97 Å². The Morgan fingerprint density at radius 1 is 1.67 bits per heavy atom. The zero-order chi connectivity index (χ0) is 10.8. The van der Waals surface area contributed by atoms with Crippen LogP contribution in [0.25, 0.3) is 0 Å². The lowest BCUT2D eigenvalue weighted by molar-refractivity contribution is 0.0696. The second-order valence-electron chi connectivity index (χ2n) is 3.75. The van der Waals surface area contributed by atoms with E-state index in [9.17, 15) is 4.79 Å². The highest BCUT2D eigenvalue weighted by Gasteiger charge is 2.25. The third kappa shape index (κ3) is 1.77. The zero-order valence-electron chi connectivity index (χ0n) is 8.55. The molecule has 15 heavy (non-hydrogen) atoms. The molecule has 0 saturated carbocycles. The number of aromatic nitrogens is 2. The molecule has 0 aromatic carbocycles. The molecule has 80 valence electrons. The fraction of sp³-hybridized carbons (Fsp3) is 0.500. The monoisotopic (exact) mass is 207 g/mol. The number of nitrogens with zero attached hydrogens (tertiary/aromatic N) is 3. The highest BCUT2D eigenvalue weighted by atomic mass is 16.4. The molecule has 1 aliphatic heterocycles. The molecule has 0 amide bonds. The Morgan fingerprint density at radius 2 is 2.47 bits per heavy atom. The first-order valence-corrected chi connectivity index (χ1v) is 5.00. The van der Waals surface area contributed by atoms with E-state index in [0.717, 1.165) is 19.4 Å². The van der Waals surface area contributed by atoms with Crippen LogP contribution in [0, 0.1) is 0 Å². The fourth-order valence-corrected chi connectivity index (χ4v) is 1.95. The van der Waals surface area contributed by atoms with Crippen molar-refractivity contribution in [2.24, 2.45) is 0 Å². The molecule has 0 aliphatic carbocycles. The van der Waals surface area contributed by atoms with Crippen LogP contribution in [0.3, 0.4) is 0 Å². The topological polar surface area (TPSA) is 66.3 Å². The Bertz CT molecular complexity index is 381. The standard InChI is InChI=1S/C10H13N3O2/c1-7-3-2-4-13(7)9-8(10(14)15)5-11-6-12-9/h5-7H,2-4H2,1H3,(H,14,15). The normalized spacial score (nSPS) is 20.6. The van der Waals surface area contributed by atoms with Crippen molar-refractivity contribution in [1.82, 2.24) is 9.97 Å². The molecule has 2 heterocycles. The van der Waals surface area contributed by atoms with Crippen LogP contribution in [0.4, 0.5) is 5.82 Å². The lowest BCUT2D eigenvalue weighted by Gasteiger charge is -2.23. The van der Waals surface area contributed by atoms with Crippen molar-refractivity contribution in [3.63, 3.8) is 0 Å². The smallest absolute Gasteiger partial charge is 0.341 e. The van der Waals surface area contributed by atoms with E-state index in [1.807, 2.05) is 4.90 Å². The van der Waals surface area contributed by atoms with Gasteiger partial charge in [0, 0.05) is 18.8 Å². The lowest BCUT2D eigenvalue weighted by atomic mass is 10.2. The van der Waals surface area contributed by atoms with Gasteiger partial charge >= 0.3 is 5.97 Å². The van der Waals surface area contributed by atoms with Crippen LogP contribution in [0.2, 0.25) is 0 Å². The summed E-state index contributed by atoms with van der Waals surface area (Å²) in [5, 5.41) is 9.01. The molecule has 1 aromatic rings. The predicted octanol–water partition coefficient (Wildman–Crippen LogP) is 1.16. The second kappa shape index (κ2) is 3.84. The summed E-state index contributed by atoms with van der Waals surface area (Å²) in [6, 6.07) is 0.359. The van der Waals surface area contributed by atoms with Gasteiger partial charge in [-0.25, -0.2) is 14.8 Å². The summed E-state index contributed by atoms with van der Waals surface area (Å²) in [5.41, 5.74) is 0.186. The number of hydrogen-bond acceptors (Lipinski definition) is 4. The number of rotatable bonds is 2. The molecule has 0 bridgehead atoms. The minimum absolute atomic E-state index is 0.186. The summed E-state index contributed by atoms with van der Waals surface area (Å²) in [7, 11) is 0. The molecule has 0 spiro atoms. The summed E-state index contributed by atoms with van der Waals surface area (Å²) < 4.78 is 0. The van der Waals surface area contributed by atoms with E-state index in [-0.39, 0.29) is 5.56 Å². The van der Waals surface area contributed by atoms with Crippen molar-refractivity contribution in [2.45, 2.75) is 25.8 Å². The summed E-state index contributed by atoms with van der Waals surface area (Å²) in [6.45, 7) is 2.96. The number of carbonyl (C=O) groups is 1. The molecule has 1 aromatic heterocycles. The number of carboxylic acids is 1. The Labute approximate surface area is 87.8 Å². The summed E-state index contributed by atoms with van der Waals surface area (Å²) >= 11 is 0. The average Bonchev–Trinajstić information content (AvgIpc) is 2.64. The third-order valence-electron chi connectivity index (χ3n) is 2.75. The maximum absolute atomic E-state index is 11.0. The van der Waals surface area contributed by atoms with Gasteiger partial charge in [-0.1, -0.05) is 0 Å². The SMILES string of the molecule is CC1CCCN1c1ncncc1C(=O)O. The molecule has 1 atom stereocenters. The van der Waals surface area contributed by atoms with Crippen LogP contribution < -0.4 is 4.90 Å². The number of aromatic carboxylic acids is 1. The first-order chi connectivity index (χ1) is 7.20. The highest BCUT2D eigenvalue weighted by Crippen LogP contribution is 2.25. The van der Waals surface area contributed by atoms with E-state index in [4.69, 9.17) is 5.11 Å². The molecule has 5 heteroatoms. The van der Waals surface area contributed by atoms with Gasteiger partial charge in [0.15, 0.2) is 0 Å². The number of anilines is 1. The zero-order valence-corrected chi connectivity index (χ0v) is 8.55. The van der Waals surface area contributed by atoms with Crippen LogP contribution in [0.15, 0.2) is 12.5 Å². The summed E-state index contributed by atoms with van der Waals surface area (Å²) in [4.78, 5) is 20.8. The van der Waals surface area contributed by atoms with Gasteiger partial charge in [0.25, 0.3) is 0 Å². The van der Waals surface area contributed by atoms with Crippen LogP contribution >= 0.6 is 0 Å². The van der Waals surface area contributed by atoms with Gasteiger partial charge in [-0.15, -0.1) is 0 Å². The maximum atomic E-state index is 11.0. The van der Waals surface area contributed by atoms with Crippen molar-refractivity contribution in [3.05, 3.63) is 18.1 Å². The van der Waals surface area contributed by atoms with E-state index in [0.29, 0.717) is 11.9 Å². The van der Waals surface area contributed by atoms with Crippen LogP contribution in [0.5, 0.6) is 0 Å². The maximum Gasteiger partial charge on any atom is 0.341 e. The molecule has 1 fully saturated rings. The van der Waals surface area contributed by atoms with Crippen molar-refractivity contribution >= 4 is 11.8 Å². The summed E-state index contributed by atoms with van der Waals surface area (Å²) in [5.74, 6) is -0.424. The molecular formula is C10H13N3O2. The van der Waals surface area contributed by atoms with Gasteiger partial charge in [0.05, 0.1) is 0 Å². The van der Waals surface area contributed by atoms with Gasteiger partial charge in [-0.3, -0.25) is 0 Å². The van der Waals surface area contributed by atoms with Crippen molar-refractivity contribution in [1.29, 1.82) is 0 Å². The molecule has 0 radical (unpaired) electrons. The van der Waals surface area contributed by atoms with Crippen LogP contribution in [0.1, 0.15) is 30.1 Å². The molecule has 1 aliphatic rings. The summed E-state index contributed by atoms with van der Waals surface area (Å²) in [6.07, 6.45) is 4.93. The molecule has 1 saturated heterocycles. The van der Waals surface area contributed by atoms with E-state index in [1.54, 1.807) is 0 Å². The Morgan fingerprint density at radius 3 is 3.07 bits per heavy atom. The molecular weight excluding hydrogens is 194 g/mol.